The van der Waals surface area contributed by atoms with E-state index in [0.717, 1.165) is 17.3 Å². The molecule has 0 saturated heterocycles. The third-order valence-electron chi connectivity index (χ3n) is 3.89. The first kappa shape index (κ1) is 14.6. The molecule has 2 aromatic rings. The van der Waals surface area contributed by atoms with Crippen LogP contribution in [0.5, 0.6) is 0 Å². The van der Waals surface area contributed by atoms with Crippen LogP contribution in [0.4, 0.5) is 0 Å². The van der Waals surface area contributed by atoms with Crippen molar-refractivity contribution in [1.82, 2.24) is 5.32 Å². The first-order valence-corrected chi connectivity index (χ1v) is 9.32. The summed E-state index contributed by atoms with van der Waals surface area (Å²) in [6.07, 6.45) is 6.37. The zero-order valence-corrected chi connectivity index (χ0v) is 14.1. The minimum absolute atomic E-state index is 0.459. The summed E-state index contributed by atoms with van der Waals surface area (Å²) in [4.78, 5) is 4.49. The molecule has 1 N–H and O–H groups in total. The maximum Gasteiger partial charge on any atom is 0.0931 e. The van der Waals surface area contributed by atoms with Crippen LogP contribution < -0.4 is 5.32 Å². The lowest BCUT2D eigenvalue weighted by Gasteiger charge is -2.11. The van der Waals surface area contributed by atoms with E-state index >= 15 is 0 Å². The fourth-order valence-electron chi connectivity index (χ4n) is 2.73. The monoisotopic (exact) mass is 325 g/mol. The molecule has 0 fully saturated rings. The molecule has 0 radical (unpaired) electrons. The quantitative estimate of drug-likeness (QED) is 0.793. The fourth-order valence-corrected chi connectivity index (χ4v) is 5.10. The largest absolute Gasteiger partial charge is 0.309 e. The Labute approximate surface area is 134 Å². The zero-order chi connectivity index (χ0) is 13.9. The van der Waals surface area contributed by atoms with Gasteiger partial charge in [-0.3, -0.25) is 0 Å². The Balaban J connectivity index is 1.53. The number of nitrogens with one attached hydrogen (secondary N) is 1. The number of halogens is 1. The van der Waals surface area contributed by atoms with Crippen molar-refractivity contribution >= 4 is 34.3 Å². The maximum absolute atomic E-state index is 5.96. The lowest BCUT2D eigenvalue weighted by molar-refractivity contribution is 0.586. The normalized spacial score (nSPS) is 16.1. The molecule has 0 aromatic carbocycles. The summed E-state index contributed by atoms with van der Waals surface area (Å²) < 4.78 is 0.888. The topological polar surface area (TPSA) is 12.0 Å². The van der Waals surface area contributed by atoms with Crippen molar-refractivity contribution in [1.29, 1.82) is 0 Å². The molecule has 0 spiro atoms. The molecule has 4 heteroatoms. The van der Waals surface area contributed by atoms with Crippen molar-refractivity contribution in [2.24, 2.45) is 0 Å². The van der Waals surface area contributed by atoms with Gasteiger partial charge < -0.3 is 5.32 Å². The Kier molecular flexibility index (Phi) is 4.82. The summed E-state index contributed by atoms with van der Waals surface area (Å²) >= 11 is 9.65. The van der Waals surface area contributed by atoms with E-state index in [1.54, 1.807) is 21.8 Å². The van der Waals surface area contributed by atoms with Gasteiger partial charge in [0.2, 0.25) is 0 Å². The van der Waals surface area contributed by atoms with Gasteiger partial charge in [0.15, 0.2) is 0 Å². The molecule has 20 heavy (non-hydrogen) atoms. The van der Waals surface area contributed by atoms with E-state index in [1.807, 2.05) is 17.4 Å². The molecule has 1 nitrogen and oxygen atoms in total. The van der Waals surface area contributed by atoms with Crippen molar-refractivity contribution in [3.8, 4) is 0 Å². The van der Waals surface area contributed by atoms with E-state index in [-0.39, 0.29) is 0 Å². The standard InChI is InChI=1S/C16H20ClNS2/c1-11(18-9-8-13-6-7-16(17)19-13)15-10-12-4-2-3-5-14(12)20-15/h6-7,10-11,18H,2-5,8-9H2,1H3. The van der Waals surface area contributed by atoms with Crippen LogP contribution in [0.15, 0.2) is 18.2 Å². The Hall–Kier alpha value is -0.350. The highest BCUT2D eigenvalue weighted by Crippen LogP contribution is 2.32. The second kappa shape index (κ2) is 6.61. The van der Waals surface area contributed by atoms with Gasteiger partial charge in [-0.25, -0.2) is 0 Å². The van der Waals surface area contributed by atoms with Crippen molar-refractivity contribution in [3.05, 3.63) is 42.7 Å². The molecule has 2 aromatic heterocycles. The minimum atomic E-state index is 0.459. The van der Waals surface area contributed by atoms with Crippen LogP contribution in [0.3, 0.4) is 0 Å². The number of fused-ring (bicyclic) bond motifs is 1. The second-order valence-corrected chi connectivity index (χ2v) is 8.40. The number of aryl methyl sites for hydroxylation is 2. The number of hydrogen-bond donors (Lipinski definition) is 1. The van der Waals surface area contributed by atoms with Gasteiger partial charge in [-0.1, -0.05) is 11.6 Å². The highest BCUT2D eigenvalue weighted by molar-refractivity contribution is 7.16. The molecule has 108 valence electrons. The third-order valence-corrected chi connectivity index (χ3v) is 6.60. The zero-order valence-electron chi connectivity index (χ0n) is 11.7. The lowest BCUT2D eigenvalue weighted by Crippen LogP contribution is -2.20. The van der Waals surface area contributed by atoms with Gasteiger partial charge >= 0.3 is 0 Å². The molecule has 0 aliphatic heterocycles. The fraction of sp³-hybridized carbons (Fsp3) is 0.500. The van der Waals surface area contributed by atoms with E-state index in [1.165, 1.54) is 35.4 Å². The Morgan fingerprint density at radius 3 is 2.85 bits per heavy atom. The maximum atomic E-state index is 5.96. The van der Waals surface area contributed by atoms with Crippen molar-refractivity contribution in [2.75, 3.05) is 6.54 Å². The molecular formula is C16H20ClNS2. The second-order valence-electron chi connectivity index (χ2n) is 5.44. The first-order chi connectivity index (χ1) is 9.72. The van der Waals surface area contributed by atoms with Gasteiger partial charge in [0, 0.05) is 27.2 Å². The van der Waals surface area contributed by atoms with E-state index in [2.05, 4.69) is 24.4 Å². The average Bonchev–Trinajstić information content (AvgIpc) is 3.04. The van der Waals surface area contributed by atoms with Gasteiger partial charge in [-0.2, -0.15) is 0 Å². The molecule has 3 rings (SSSR count). The van der Waals surface area contributed by atoms with Gasteiger partial charge in [0.25, 0.3) is 0 Å². The van der Waals surface area contributed by atoms with Crippen molar-refractivity contribution < 1.29 is 0 Å². The highest BCUT2D eigenvalue weighted by atomic mass is 35.5. The van der Waals surface area contributed by atoms with Crippen molar-refractivity contribution in [2.45, 2.75) is 45.1 Å². The molecule has 0 bridgehead atoms. The van der Waals surface area contributed by atoms with Crippen LogP contribution in [0, 0.1) is 0 Å². The van der Waals surface area contributed by atoms with Crippen LogP contribution in [0.25, 0.3) is 0 Å². The third kappa shape index (κ3) is 3.45. The summed E-state index contributed by atoms with van der Waals surface area (Å²) in [7, 11) is 0. The highest BCUT2D eigenvalue weighted by Gasteiger charge is 2.16. The summed E-state index contributed by atoms with van der Waals surface area (Å²) in [5.41, 5.74) is 1.61. The van der Waals surface area contributed by atoms with E-state index in [0.29, 0.717) is 6.04 Å². The van der Waals surface area contributed by atoms with Crippen LogP contribution in [-0.4, -0.2) is 6.54 Å². The number of hydrogen-bond acceptors (Lipinski definition) is 3. The molecule has 0 saturated carbocycles. The number of thiophene rings is 2. The minimum Gasteiger partial charge on any atom is -0.309 e. The van der Waals surface area contributed by atoms with Crippen LogP contribution in [-0.2, 0) is 19.3 Å². The molecule has 0 amide bonds. The van der Waals surface area contributed by atoms with Crippen molar-refractivity contribution in [3.63, 3.8) is 0 Å². The van der Waals surface area contributed by atoms with E-state index in [4.69, 9.17) is 11.6 Å². The summed E-state index contributed by atoms with van der Waals surface area (Å²) in [6.45, 7) is 3.29. The first-order valence-electron chi connectivity index (χ1n) is 7.31. The summed E-state index contributed by atoms with van der Waals surface area (Å²) in [5, 5.41) is 3.64. The molecular weight excluding hydrogens is 306 g/mol. The van der Waals surface area contributed by atoms with Gasteiger partial charge in [-0.05, 0) is 62.8 Å². The lowest BCUT2D eigenvalue weighted by atomic mass is 9.99. The Morgan fingerprint density at radius 1 is 1.25 bits per heavy atom. The van der Waals surface area contributed by atoms with E-state index in [9.17, 15) is 0 Å². The summed E-state index contributed by atoms with van der Waals surface area (Å²) in [5.74, 6) is 0. The average molecular weight is 326 g/mol. The van der Waals surface area contributed by atoms with Gasteiger partial charge in [0.1, 0.15) is 0 Å². The van der Waals surface area contributed by atoms with Crippen LogP contribution in [0.1, 0.15) is 46.0 Å². The van der Waals surface area contributed by atoms with Crippen LogP contribution in [0.2, 0.25) is 4.34 Å². The molecule has 1 unspecified atom stereocenters. The smallest absolute Gasteiger partial charge is 0.0931 e. The van der Waals surface area contributed by atoms with Gasteiger partial charge in [0.05, 0.1) is 4.34 Å². The molecule has 1 aliphatic rings. The van der Waals surface area contributed by atoms with Crippen LogP contribution >= 0.6 is 34.3 Å². The van der Waals surface area contributed by atoms with E-state index < -0.39 is 0 Å². The van der Waals surface area contributed by atoms with Gasteiger partial charge in [-0.15, -0.1) is 22.7 Å². The Morgan fingerprint density at radius 2 is 2.10 bits per heavy atom. The molecule has 1 aliphatic carbocycles. The SMILES string of the molecule is CC(NCCc1ccc(Cl)s1)c1cc2c(s1)CCCC2. The molecule has 1 atom stereocenters. The number of rotatable bonds is 5. The molecule has 2 heterocycles. The predicted molar refractivity (Wildman–Crippen MR) is 90.4 cm³/mol. The summed E-state index contributed by atoms with van der Waals surface area (Å²) in [6, 6.07) is 7.00. The Bertz CT molecular complexity index is 549. The predicted octanol–water partition coefficient (Wildman–Crippen LogP) is 5.24.